The topological polar surface area (TPSA) is 31.0 Å². The highest BCUT2D eigenvalue weighted by Crippen LogP contribution is 2.38. The molecule has 0 saturated carbocycles. The van der Waals surface area contributed by atoms with Gasteiger partial charge in [-0.15, -0.1) is 0 Å². The van der Waals surface area contributed by atoms with Crippen molar-refractivity contribution in [1.82, 2.24) is 9.55 Å². The molecular formula is C53H34N2O. The molecule has 11 aromatic rings. The van der Waals surface area contributed by atoms with Gasteiger partial charge in [-0.05, 0) is 128 Å². The molecule has 0 amide bonds. The number of rotatable bonds is 6. The molecule has 0 aliphatic rings. The highest BCUT2D eigenvalue weighted by molar-refractivity contribution is 6.10. The van der Waals surface area contributed by atoms with E-state index in [1.165, 1.54) is 77.6 Å². The van der Waals surface area contributed by atoms with E-state index in [0.717, 1.165) is 27.5 Å². The predicted octanol–water partition coefficient (Wildman–Crippen LogP) is 14.4. The van der Waals surface area contributed by atoms with Gasteiger partial charge in [-0.1, -0.05) is 121 Å². The molecule has 0 N–H and O–H groups in total. The number of nitrogens with zero attached hydrogens (tertiary/aromatic N) is 2. The Morgan fingerprint density at radius 2 is 0.804 bits per heavy atom. The third-order valence-electron chi connectivity index (χ3n) is 11.1. The van der Waals surface area contributed by atoms with E-state index in [4.69, 9.17) is 4.42 Å². The van der Waals surface area contributed by atoms with Crippen molar-refractivity contribution in [2.75, 3.05) is 0 Å². The lowest BCUT2D eigenvalue weighted by Gasteiger charge is -2.11. The van der Waals surface area contributed by atoms with Crippen LogP contribution in [0.25, 0.3) is 105 Å². The van der Waals surface area contributed by atoms with Crippen molar-refractivity contribution in [2.45, 2.75) is 0 Å². The first kappa shape index (κ1) is 32.0. The third kappa shape index (κ3) is 5.49. The second kappa shape index (κ2) is 13.1. The fourth-order valence-corrected chi connectivity index (χ4v) is 8.33. The summed E-state index contributed by atoms with van der Waals surface area (Å²) in [7, 11) is 0. The molecule has 0 saturated heterocycles. The summed E-state index contributed by atoms with van der Waals surface area (Å²) < 4.78 is 8.40. The van der Waals surface area contributed by atoms with E-state index < -0.39 is 0 Å². The van der Waals surface area contributed by atoms with Crippen molar-refractivity contribution in [3.63, 3.8) is 0 Å². The number of para-hydroxylation sites is 2. The van der Waals surface area contributed by atoms with Gasteiger partial charge in [0.1, 0.15) is 5.58 Å². The Hall–Kier alpha value is -7.49. The van der Waals surface area contributed by atoms with Crippen molar-refractivity contribution >= 4 is 43.7 Å². The van der Waals surface area contributed by atoms with E-state index in [2.05, 4.69) is 198 Å². The van der Waals surface area contributed by atoms with Gasteiger partial charge in [0.25, 0.3) is 0 Å². The van der Waals surface area contributed by atoms with Crippen LogP contribution in [-0.2, 0) is 0 Å². The van der Waals surface area contributed by atoms with Gasteiger partial charge in [0.15, 0.2) is 5.58 Å². The number of aromatic nitrogens is 2. The predicted molar refractivity (Wildman–Crippen MR) is 233 cm³/mol. The minimum Gasteiger partial charge on any atom is -0.454 e. The van der Waals surface area contributed by atoms with Crippen LogP contribution in [0.4, 0.5) is 0 Å². The molecular weight excluding hydrogens is 681 g/mol. The first-order valence-corrected chi connectivity index (χ1v) is 19.0. The summed E-state index contributed by atoms with van der Waals surface area (Å²) in [6.07, 6.45) is 3.60. The smallest absolute Gasteiger partial charge is 0.153 e. The number of furan rings is 1. The van der Waals surface area contributed by atoms with Crippen molar-refractivity contribution in [2.24, 2.45) is 0 Å². The lowest BCUT2D eigenvalue weighted by atomic mass is 9.93. The van der Waals surface area contributed by atoms with E-state index in [1.807, 2.05) is 12.3 Å². The minimum absolute atomic E-state index is 0.809. The maximum atomic E-state index is 6.03. The summed E-state index contributed by atoms with van der Waals surface area (Å²) in [6.45, 7) is 0. The van der Waals surface area contributed by atoms with Crippen LogP contribution in [0.1, 0.15) is 0 Å². The highest BCUT2D eigenvalue weighted by atomic mass is 16.3. The van der Waals surface area contributed by atoms with Gasteiger partial charge in [0.2, 0.25) is 0 Å². The van der Waals surface area contributed by atoms with E-state index in [-0.39, 0.29) is 0 Å². The molecule has 8 aromatic carbocycles. The molecule has 0 atom stereocenters. The van der Waals surface area contributed by atoms with Crippen LogP contribution in [0.15, 0.2) is 211 Å². The maximum absolute atomic E-state index is 6.03. The van der Waals surface area contributed by atoms with Gasteiger partial charge < -0.3 is 8.98 Å². The van der Waals surface area contributed by atoms with E-state index in [0.29, 0.717) is 0 Å². The van der Waals surface area contributed by atoms with E-state index >= 15 is 0 Å². The van der Waals surface area contributed by atoms with E-state index in [9.17, 15) is 0 Å². The molecule has 3 heterocycles. The average Bonchev–Trinajstić information content (AvgIpc) is 3.82. The lowest BCUT2D eigenvalue weighted by molar-refractivity contribution is 0.667. The zero-order valence-electron chi connectivity index (χ0n) is 30.4. The van der Waals surface area contributed by atoms with Crippen LogP contribution < -0.4 is 0 Å². The molecule has 3 nitrogen and oxygen atoms in total. The third-order valence-corrected chi connectivity index (χ3v) is 11.1. The molecule has 0 spiro atoms. The molecule has 0 unspecified atom stereocenters. The monoisotopic (exact) mass is 714 g/mol. The quantitative estimate of drug-likeness (QED) is 0.172. The Balaban J connectivity index is 0.914. The first-order valence-electron chi connectivity index (χ1n) is 19.0. The summed E-state index contributed by atoms with van der Waals surface area (Å²) in [5, 5.41) is 4.70. The Morgan fingerprint density at radius 3 is 1.39 bits per heavy atom. The average molecular weight is 715 g/mol. The SMILES string of the molecule is c1ccc(-n2c3ccccc3c3cc(-c4cccc(-c5cccc(-c6cccc(-c7cccc(-c8ccc9oc%10cnccc%10c9c8)c7)c6)c5)c4)ccc32)cc1. The van der Waals surface area contributed by atoms with Crippen LogP contribution in [0.3, 0.4) is 0 Å². The minimum atomic E-state index is 0.809. The number of hydrogen-bond donors (Lipinski definition) is 0. The Morgan fingerprint density at radius 1 is 0.321 bits per heavy atom. The number of pyridine rings is 1. The van der Waals surface area contributed by atoms with Gasteiger partial charge >= 0.3 is 0 Å². The zero-order chi connectivity index (χ0) is 37.0. The Kier molecular flexibility index (Phi) is 7.49. The van der Waals surface area contributed by atoms with Crippen LogP contribution in [-0.4, -0.2) is 9.55 Å². The zero-order valence-corrected chi connectivity index (χ0v) is 30.4. The van der Waals surface area contributed by atoms with Crippen molar-refractivity contribution < 1.29 is 4.42 Å². The van der Waals surface area contributed by atoms with Gasteiger partial charge in [0, 0.05) is 33.4 Å². The Labute approximate surface area is 324 Å². The summed E-state index contributed by atoms with van der Waals surface area (Å²) in [6, 6.07) is 70.1. The molecule has 0 bridgehead atoms. The summed E-state index contributed by atoms with van der Waals surface area (Å²) >= 11 is 0. The molecule has 262 valence electrons. The molecule has 3 heteroatoms. The normalized spacial score (nSPS) is 11.6. The summed E-state index contributed by atoms with van der Waals surface area (Å²) in [4.78, 5) is 4.23. The number of fused-ring (bicyclic) bond motifs is 6. The van der Waals surface area contributed by atoms with Gasteiger partial charge in [-0.3, -0.25) is 4.98 Å². The van der Waals surface area contributed by atoms with Gasteiger partial charge in [-0.25, -0.2) is 0 Å². The van der Waals surface area contributed by atoms with Crippen LogP contribution in [0.2, 0.25) is 0 Å². The first-order chi connectivity index (χ1) is 27.7. The second-order valence-corrected chi connectivity index (χ2v) is 14.4. The molecule has 0 fully saturated rings. The van der Waals surface area contributed by atoms with Crippen LogP contribution in [0.5, 0.6) is 0 Å². The van der Waals surface area contributed by atoms with E-state index in [1.54, 1.807) is 6.20 Å². The molecule has 11 rings (SSSR count). The fourth-order valence-electron chi connectivity index (χ4n) is 8.33. The van der Waals surface area contributed by atoms with Crippen molar-refractivity contribution in [3.05, 3.63) is 207 Å². The Bertz CT molecular complexity index is 3260. The number of hydrogen-bond acceptors (Lipinski definition) is 2. The molecule has 0 radical (unpaired) electrons. The fraction of sp³-hybridized carbons (Fsp3) is 0. The lowest BCUT2D eigenvalue weighted by Crippen LogP contribution is -1.92. The van der Waals surface area contributed by atoms with Gasteiger partial charge in [-0.2, -0.15) is 0 Å². The molecule has 56 heavy (non-hydrogen) atoms. The van der Waals surface area contributed by atoms with Crippen LogP contribution in [0, 0.1) is 0 Å². The standard InChI is InChI=1S/C53H34N2O/c1-2-18-45(19-3-1)55-50-21-5-4-20-46(50)48-32-43(22-24-51(48)55)41-16-8-14-39(30-41)37-12-6-10-35(28-37)36-11-7-13-38(29-36)40-15-9-17-42(31-40)44-23-25-52-49(33-44)47-26-27-54-34-53(47)56-52/h1-34H. The number of benzene rings is 8. The molecule has 0 aliphatic heterocycles. The molecule has 0 aliphatic carbocycles. The highest BCUT2D eigenvalue weighted by Gasteiger charge is 2.14. The van der Waals surface area contributed by atoms with Crippen molar-refractivity contribution in [1.29, 1.82) is 0 Å². The maximum Gasteiger partial charge on any atom is 0.153 e. The summed E-state index contributed by atoms with van der Waals surface area (Å²) in [5.41, 5.74) is 17.1. The van der Waals surface area contributed by atoms with Gasteiger partial charge in [0.05, 0.1) is 17.2 Å². The van der Waals surface area contributed by atoms with Crippen LogP contribution >= 0.6 is 0 Å². The summed E-state index contributed by atoms with van der Waals surface area (Å²) in [5.74, 6) is 0. The van der Waals surface area contributed by atoms with Crippen molar-refractivity contribution in [3.8, 4) is 61.3 Å². The largest absolute Gasteiger partial charge is 0.454 e. The second-order valence-electron chi connectivity index (χ2n) is 14.4. The molecule has 3 aromatic heterocycles.